The van der Waals surface area contributed by atoms with Gasteiger partial charge in [0, 0.05) is 16.3 Å². The van der Waals surface area contributed by atoms with Gasteiger partial charge in [-0.05, 0) is 18.2 Å². The van der Waals surface area contributed by atoms with Crippen LogP contribution in [0.15, 0.2) is 34.7 Å². The fraction of sp³-hybridized carbons (Fsp3) is 0.133. The average molecular weight is 256 g/mol. The zero-order valence-electron chi connectivity index (χ0n) is 10.6. The van der Waals surface area contributed by atoms with Gasteiger partial charge in [0.15, 0.2) is 22.7 Å². The van der Waals surface area contributed by atoms with E-state index >= 15 is 0 Å². The predicted molar refractivity (Wildman–Crippen MR) is 72.2 cm³/mol. The number of furan rings is 1. The van der Waals surface area contributed by atoms with Gasteiger partial charge in [0.1, 0.15) is 6.29 Å². The lowest BCUT2D eigenvalue weighted by Gasteiger charge is -2.01. The molecule has 0 unspecified atom stereocenters. The molecule has 4 nitrogen and oxygen atoms in total. The Hall–Kier alpha value is -2.49. The highest BCUT2D eigenvalue weighted by Crippen LogP contribution is 2.39. The molecule has 0 aliphatic carbocycles. The van der Waals surface area contributed by atoms with Crippen molar-refractivity contribution in [3.63, 3.8) is 0 Å². The Morgan fingerprint density at radius 1 is 1.00 bits per heavy atom. The van der Waals surface area contributed by atoms with E-state index < -0.39 is 0 Å². The largest absolute Gasteiger partial charge is 0.493 e. The molecule has 0 radical (unpaired) electrons. The third kappa shape index (κ3) is 1.64. The van der Waals surface area contributed by atoms with Gasteiger partial charge in [-0.25, -0.2) is 0 Å². The van der Waals surface area contributed by atoms with Crippen LogP contribution in [0.2, 0.25) is 0 Å². The van der Waals surface area contributed by atoms with Crippen molar-refractivity contribution >= 4 is 28.2 Å². The molecule has 0 atom stereocenters. The summed E-state index contributed by atoms with van der Waals surface area (Å²) in [6.45, 7) is 0. The van der Waals surface area contributed by atoms with Gasteiger partial charge < -0.3 is 13.9 Å². The van der Waals surface area contributed by atoms with Gasteiger partial charge in [-0.15, -0.1) is 0 Å². The molecule has 0 N–H and O–H groups in total. The van der Waals surface area contributed by atoms with Crippen molar-refractivity contribution in [2.75, 3.05) is 14.2 Å². The molecule has 0 aliphatic rings. The van der Waals surface area contributed by atoms with Crippen LogP contribution in [0.25, 0.3) is 21.9 Å². The molecule has 19 heavy (non-hydrogen) atoms. The number of ether oxygens (including phenoxy) is 2. The maximum absolute atomic E-state index is 11.0. The van der Waals surface area contributed by atoms with Crippen molar-refractivity contribution in [1.29, 1.82) is 0 Å². The zero-order chi connectivity index (χ0) is 13.4. The summed E-state index contributed by atoms with van der Waals surface area (Å²) in [6.07, 6.45) is 0.793. The van der Waals surface area contributed by atoms with Crippen molar-refractivity contribution < 1.29 is 18.7 Å². The Kier molecular flexibility index (Phi) is 2.63. The molecule has 2 aromatic carbocycles. The fourth-order valence-corrected chi connectivity index (χ4v) is 2.24. The normalized spacial score (nSPS) is 10.8. The molecule has 0 spiro atoms. The molecule has 3 aromatic rings. The van der Waals surface area contributed by atoms with Gasteiger partial charge in [0.2, 0.25) is 0 Å². The lowest BCUT2D eigenvalue weighted by Crippen LogP contribution is -1.86. The Labute approximate surface area is 109 Å². The maximum atomic E-state index is 11.0. The molecular weight excluding hydrogens is 244 g/mol. The van der Waals surface area contributed by atoms with E-state index in [0.29, 0.717) is 28.2 Å². The Balaban J connectivity index is 2.49. The number of benzene rings is 2. The number of aldehydes is 1. The molecule has 96 valence electrons. The maximum Gasteiger partial charge on any atom is 0.177 e. The fourth-order valence-electron chi connectivity index (χ4n) is 2.24. The first-order chi connectivity index (χ1) is 9.28. The minimum absolute atomic E-state index is 0.540. The van der Waals surface area contributed by atoms with E-state index in [1.807, 2.05) is 18.2 Å². The topological polar surface area (TPSA) is 48.7 Å². The number of carbonyl (C=O) groups excluding carboxylic acids is 1. The number of hydrogen-bond donors (Lipinski definition) is 0. The number of para-hydroxylation sites is 1. The SMILES string of the molecule is COc1cccc2c1oc1c(OC)cc(C=O)cc12. The van der Waals surface area contributed by atoms with Crippen molar-refractivity contribution in [3.8, 4) is 11.5 Å². The van der Waals surface area contributed by atoms with E-state index in [4.69, 9.17) is 13.9 Å². The highest BCUT2D eigenvalue weighted by molar-refractivity contribution is 6.10. The van der Waals surface area contributed by atoms with Gasteiger partial charge in [-0.2, -0.15) is 0 Å². The van der Waals surface area contributed by atoms with Crippen LogP contribution in [0.3, 0.4) is 0 Å². The van der Waals surface area contributed by atoms with Crippen molar-refractivity contribution in [3.05, 3.63) is 35.9 Å². The molecular formula is C15H12O4. The summed E-state index contributed by atoms with van der Waals surface area (Å²) in [5.41, 5.74) is 1.82. The molecule has 4 heteroatoms. The van der Waals surface area contributed by atoms with Crippen LogP contribution in [-0.2, 0) is 0 Å². The third-order valence-corrected chi connectivity index (χ3v) is 3.13. The molecule has 1 heterocycles. The van der Waals surface area contributed by atoms with Crippen LogP contribution in [0, 0.1) is 0 Å². The quantitative estimate of drug-likeness (QED) is 0.674. The second-order valence-electron chi connectivity index (χ2n) is 4.16. The minimum Gasteiger partial charge on any atom is -0.493 e. The molecule has 0 amide bonds. The first kappa shape index (κ1) is 11.6. The van der Waals surface area contributed by atoms with Crippen LogP contribution >= 0.6 is 0 Å². The number of carbonyl (C=O) groups is 1. The predicted octanol–water partition coefficient (Wildman–Crippen LogP) is 3.42. The van der Waals surface area contributed by atoms with Gasteiger partial charge in [-0.1, -0.05) is 12.1 Å². The van der Waals surface area contributed by atoms with E-state index in [1.54, 1.807) is 26.4 Å². The minimum atomic E-state index is 0.540. The number of hydrogen-bond acceptors (Lipinski definition) is 4. The van der Waals surface area contributed by atoms with Crippen LogP contribution < -0.4 is 9.47 Å². The smallest absolute Gasteiger partial charge is 0.177 e. The van der Waals surface area contributed by atoms with E-state index in [9.17, 15) is 4.79 Å². The highest BCUT2D eigenvalue weighted by Gasteiger charge is 2.15. The summed E-state index contributed by atoms with van der Waals surface area (Å²) in [5.74, 6) is 1.20. The molecule has 0 saturated heterocycles. The Morgan fingerprint density at radius 3 is 2.42 bits per heavy atom. The lowest BCUT2D eigenvalue weighted by atomic mass is 10.1. The van der Waals surface area contributed by atoms with E-state index in [-0.39, 0.29) is 0 Å². The number of methoxy groups -OCH3 is 2. The number of rotatable bonds is 3. The highest BCUT2D eigenvalue weighted by atomic mass is 16.5. The summed E-state index contributed by atoms with van der Waals surface area (Å²) >= 11 is 0. The summed E-state index contributed by atoms with van der Waals surface area (Å²) in [4.78, 5) is 11.0. The second-order valence-corrected chi connectivity index (χ2v) is 4.16. The molecule has 1 aromatic heterocycles. The lowest BCUT2D eigenvalue weighted by molar-refractivity contribution is 0.112. The summed E-state index contributed by atoms with van der Waals surface area (Å²) in [5, 5.41) is 1.74. The average Bonchev–Trinajstić information content (AvgIpc) is 2.84. The second kappa shape index (κ2) is 4.31. The first-order valence-corrected chi connectivity index (χ1v) is 5.81. The number of fused-ring (bicyclic) bond motifs is 3. The van der Waals surface area contributed by atoms with E-state index in [0.717, 1.165) is 17.1 Å². The molecule has 0 bridgehead atoms. The van der Waals surface area contributed by atoms with Crippen molar-refractivity contribution in [2.45, 2.75) is 0 Å². The standard InChI is InChI=1S/C15H12O4/c1-17-12-5-3-4-10-11-6-9(8-16)7-13(18-2)15(11)19-14(10)12/h3-8H,1-2H3. The summed E-state index contributed by atoms with van der Waals surface area (Å²) in [7, 11) is 3.14. The molecule has 3 rings (SSSR count). The van der Waals surface area contributed by atoms with Crippen LogP contribution in [0.1, 0.15) is 10.4 Å². The van der Waals surface area contributed by atoms with Crippen molar-refractivity contribution in [1.82, 2.24) is 0 Å². The third-order valence-electron chi connectivity index (χ3n) is 3.13. The molecule has 0 fully saturated rings. The first-order valence-electron chi connectivity index (χ1n) is 5.81. The zero-order valence-corrected chi connectivity index (χ0v) is 10.6. The summed E-state index contributed by atoms with van der Waals surface area (Å²) < 4.78 is 16.4. The Morgan fingerprint density at radius 2 is 1.74 bits per heavy atom. The van der Waals surface area contributed by atoms with Crippen LogP contribution in [0.5, 0.6) is 11.5 Å². The van der Waals surface area contributed by atoms with E-state index in [2.05, 4.69) is 0 Å². The van der Waals surface area contributed by atoms with Crippen molar-refractivity contribution in [2.24, 2.45) is 0 Å². The van der Waals surface area contributed by atoms with Gasteiger partial charge in [-0.3, -0.25) is 4.79 Å². The van der Waals surface area contributed by atoms with Crippen LogP contribution in [0.4, 0.5) is 0 Å². The molecule has 0 aliphatic heterocycles. The van der Waals surface area contributed by atoms with Crippen LogP contribution in [-0.4, -0.2) is 20.5 Å². The van der Waals surface area contributed by atoms with Gasteiger partial charge in [0.05, 0.1) is 14.2 Å². The van der Waals surface area contributed by atoms with Gasteiger partial charge >= 0.3 is 0 Å². The van der Waals surface area contributed by atoms with E-state index in [1.165, 1.54) is 0 Å². The Bertz CT molecular complexity index is 771. The summed E-state index contributed by atoms with van der Waals surface area (Å²) in [6, 6.07) is 9.09. The van der Waals surface area contributed by atoms with Gasteiger partial charge in [0.25, 0.3) is 0 Å². The monoisotopic (exact) mass is 256 g/mol. The molecule has 0 saturated carbocycles.